The summed E-state index contributed by atoms with van der Waals surface area (Å²) in [6.45, 7) is 0. The summed E-state index contributed by atoms with van der Waals surface area (Å²) in [5.41, 5.74) is 1.28. The summed E-state index contributed by atoms with van der Waals surface area (Å²) in [5, 5.41) is 0. The van der Waals surface area contributed by atoms with Crippen molar-refractivity contribution in [3.63, 3.8) is 0 Å². The van der Waals surface area contributed by atoms with Gasteiger partial charge in [0.15, 0.2) is 0 Å². The molecule has 1 aliphatic carbocycles. The summed E-state index contributed by atoms with van der Waals surface area (Å²) in [4.78, 5) is 0. The molecular weight excluding hydrogens is 215 g/mol. The summed E-state index contributed by atoms with van der Waals surface area (Å²) in [7, 11) is 0. The summed E-state index contributed by atoms with van der Waals surface area (Å²) >= 11 is 12.7. The second-order valence-electron chi connectivity index (χ2n) is 3.97. The van der Waals surface area contributed by atoms with Gasteiger partial charge in [0.05, 0.1) is 0 Å². The smallest absolute Gasteiger partial charge is 0.101 e. The quantitative estimate of drug-likeness (QED) is 0.621. The lowest BCUT2D eigenvalue weighted by atomic mass is 9.83. The number of rotatable bonds is 1. The average Bonchev–Trinajstić information content (AvgIpc) is 2.18. The third-order valence-electron chi connectivity index (χ3n) is 2.96. The van der Waals surface area contributed by atoms with Crippen molar-refractivity contribution >= 4 is 23.2 Å². The van der Waals surface area contributed by atoms with Gasteiger partial charge in [-0.3, -0.25) is 0 Å². The molecule has 0 heterocycles. The van der Waals surface area contributed by atoms with Crippen LogP contribution in [0.15, 0.2) is 30.3 Å². The lowest BCUT2D eigenvalue weighted by molar-refractivity contribution is 0.419. The van der Waals surface area contributed by atoms with Gasteiger partial charge in [-0.05, 0) is 18.4 Å². The number of hydrogen-bond acceptors (Lipinski definition) is 0. The molecule has 2 rings (SSSR count). The Balaban J connectivity index is 2.24. The molecule has 1 saturated carbocycles. The van der Waals surface area contributed by atoms with Crippen molar-refractivity contribution in [2.45, 2.75) is 35.9 Å². The van der Waals surface area contributed by atoms with Crippen LogP contribution in [0.4, 0.5) is 0 Å². The van der Waals surface area contributed by atoms with Crippen molar-refractivity contribution in [3.05, 3.63) is 35.9 Å². The molecule has 1 aromatic carbocycles. The Hall–Kier alpha value is -0.200. The first-order valence-electron chi connectivity index (χ1n) is 5.13. The van der Waals surface area contributed by atoms with Crippen LogP contribution in [-0.2, 0) is 0 Å². The largest absolute Gasteiger partial charge is 0.125 e. The zero-order chi connectivity index (χ0) is 10.0. The Labute approximate surface area is 95.2 Å². The van der Waals surface area contributed by atoms with Crippen LogP contribution in [0.25, 0.3) is 0 Å². The van der Waals surface area contributed by atoms with Crippen LogP contribution in [0.5, 0.6) is 0 Å². The van der Waals surface area contributed by atoms with Gasteiger partial charge < -0.3 is 0 Å². The fourth-order valence-corrected chi connectivity index (χ4v) is 2.93. The first-order valence-corrected chi connectivity index (χ1v) is 5.88. The van der Waals surface area contributed by atoms with E-state index in [9.17, 15) is 0 Å². The topological polar surface area (TPSA) is 0 Å². The van der Waals surface area contributed by atoms with Gasteiger partial charge in [0.1, 0.15) is 4.33 Å². The van der Waals surface area contributed by atoms with Crippen LogP contribution < -0.4 is 0 Å². The Morgan fingerprint density at radius 3 is 2.43 bits per heavy atom. The van der Waals surface area contributed by atoms with Gasteiger partial charge in [-0.1, -0.05) is 43.2 Å². The van der Waals surface area contributed by atoms with Crippen molar-refractivity contribution < 1.29 is 0 Å². The minimum Gasteiger partial charge on any atom is -0.101 e. The molecule has 76 valence electrons. The van der Waals surface area contributed by atoms with Gasteiger partial charge in [-0.2, -0.15) is 0 Å². The van der Waals surface area contributed by atoms with Crippen molar-refractivity contribution in [2.24, 2.45) is 0 Å². The van der Waals surface area contributed by atoms with Crippen LogP contribution in [0.1, 0.15) is 37.2 Å². The lowest BCUT2D eigenvalue weighted by Crippen LogP contribution is -2.27. The summed E-state index contributed by atoms with van der Waals surface area (Å²) in [6, 6.07) is 10.4. The molecule has 0 aromatic heterocycles. The van der Waals surface area contributed by atoms with Crippen molar-refractivity contribution in [2.75, 3.05) is 0 Å². The van der Waals surface area contributed by atoms with E-state index in [1.54, 1.807) is 0 Å². The van der Waals surface area contributed by atoms with E-state index < -0.39 is 4.33 Å². The first kappa shape index (κ1) is 10.3. The summed E-state index contributed by atoms with van der Waals surface area (Å²) < 4.78 is -0.556. The molecule has 1 atom stereocenters. The second kappa shape index (κ2) is 4.12. The van der Waals surface area contributed by atoms with Gasteiger partial charge >= 0.3 is 0 Å². The number of benzene rings is 1. The predicted molar refractivity (Wildman–Crippen MR) is 62.1 cm³/mol. The molecule has 0 aliphatic heterocycles. The molecule has 1 aliphatic rings. The van der Waals surface area contributed by atoms with Crippen LogP contribution in [0.2, 0.25) is 0 Å². The molecule has 0 saturated heterocycles. The Bertz CT molecular complexity index is 292. The molecule has 14 heavy (non-hydrogen) atoms. The highest BCUT2D eigenvalue weighted by atomic mass is 35.5. The molecule has 0 N–H and O–H groups in total. The van der Waals surface area contributed by atoms with E-state index in [-0.39, 0.29) is 0 Å². The van der Waals surface area contributed by atoms with Gasteiger partial charge in [0.2, 0.25) is 0 Å². The van der Waals surface area contributed by atoms with Crippen LogP contribution in [0, 0.1) is 0 Å². The molecule has 1 fully saturated rings. The number of hydrogen-bond donors (Lipinski definition) is 0. The monoisotopic (exact) mass is 228 g/mol. The minimum atomic E-state index is -0.556. The maximum atomic E-state index is 6.34. The third kappa shape index (κ3) is 2.07. The third-order valence-corrected chi connectivity index (χ3v) is 3.87. The van der Waals surface area contributed by atoms with Gasteiger partial charge in [0, 0.05) is 5.92 Å². The Morgan fingerprint density at radius 2 is 1.79 bits per heavy atom. The first-order chi connectivity index (χ1) is 6.70. The van der Waals surface area contributed by atoms with E-state index in [0.717, 1.165) is 19.3 Å². The van der Waals surface area contributed by atoms with Crippen molar-refractivity contribution in [1.29, 1.82) is 0 Å². The molecule has 1 aromatic rings. The van der Waals surface area contributed by atoms with E-state index in [4.69, 9.17) is 23.2 Å². The maximum absolute atomic E-state index is 6.34. The zero-order valence-electron chi connectivity index (χ0n) is 8.05. The normalized spacial score (nSPS) is 26.0. The summed E-state index contributed by atoms with van der Waals surface area (Å²) in [5.74, 6) is 0.306. The zero-order valence-corrected chi connectivity index (χ0v) is 9.56. The molecule has 0 bridgehead atoms. The van der Waals surface area contributed by atoms with Crippen molar-refractivity contribution in [3.8, 4) is 0 Å². The lowest BCUT2D eigenvalue weighted by Gasteiger charge is -2.34. The molecule has 2 heteroatoms. The predicted octanol–water partition coefficient (Wildman–Crippen LogP) is 4.52. The molecule has 0 radical (unpaired) electrons. The SMILES string of the molecule is ClC1(Cl)CCCCC1c1ccccc1. The van der Waals surface area contributed by atoms with Gasteiger partial charge in [0.25, 0.3) is 0 Å². The fourth-order valence-electron chi connectivity index (χ4n) is 2.19. The van der Waals surface area contributed by atoms with Gasteiger partial charge in [-0.15, -0.1) is 23.2 Å². The standard InChI is InChI=1S/C12H14Cl2/c13-12(14)9-5-4-8-11(12)10-6-2-1-3-7-10/h1-3,6-7,11H,4-5,8-9H2. The fraction of sp³-hybridized carbons (Fsp3) is 0.500. The van der Waals surface area contributed by atoms with E-state index in [2.05, 4.69) is 12.1 Å². The van der Waals surface area contributed by atoms with E-state index >= 15 is 0 Å². The highest BCUT2D eigenvalue weighted by molar-refractivity contribution is 6.49. The highest BCUT2D eigenvalue weighted by Gasteiger charge is 2.37. The van der Waals surface area contributed by atoms with Crippen LogP contribution in [-0.4, -0.2) is 4.33 Å². The molecular formula is C12H14Cl2. The molecule has 1 unspecified atom stereocenters. The van der Waals surface area contributed by atoms with Gasteiger partial charge in [-0.25, -0.2) is 0 Å². The highest BCUT2D eigenvalue weighted by Crippen LogP contribution is 2.47. The van der Waals surface area contributed by atoms with E-state index in [1.165, 1.54) is 12.0 Å². The maximum Gasteiger partial charge on any atom is 0.125 e. The Morgan fingerprint density at radius 1 is 1.07 bits per heavy atom. The molecule has 0 nitrogen and oxygen atoms in total. The average molecular weight is 229 g/mol. The van der Waals surface area contributed by atoms with E-state index in [0.29, 0.717) is 5.92 Å². The number of alkyl halides is 2. The number of halogens is 2. The summed E-state index contributed by atoms with van der Waals surface area (Å²) in [6.07, 6.45) is 4.41. The minimum absolute atomic E-state index is 0.306. The van der Waals surface area contributed by atoms with E-state index in [1.807, 2.05) is 18.2 Å². The van der Waals surface area contributed by atoms with Crippen LogP contribution in [0.3, 0.4) is 0 Å². The molecule has 0 amide bonds. The van der Waals surface area contributed by atoms with Crippen LogP contribution >= 0.6 is 23.2 Å². The molecule has 0 spiro atoms. The Kier molecular flexibility index (Phi) is 3.04. The second-order valence-corrected chi connectivity index (χ2v) is 5.51. The van der Waals surface area contributed by atoms with Crippen molar-refractivity contribution in [1.82, 2.24) is 0 Å².